The molecule has 2 rings (SSSR count). The predicted octanol–water partition coefficient (Wildman–Crippen LogP) is 5.27. The van der Waals surface area contributed by atoms with Gasteiger partial charge in [0.1, 0.15) is 23.9 Å². The molecule has 8 heteroatoms. The van der Waals surface area contributed by atoms with Gasteiger partial charge in [-0.25, -0.2) is 0 Å². The summed E-state index contributed by atoms with van der Waals surface area (Å²) >= 11 is 0. The zero-order valence-corrected chi connectivity index (χ0v) is 21.3. The van der Waals surface area contributed by atoms with E-state index in [0.717, 1.165) is 18.2 Å². The highest BCUT2D eigenvalue weighted by Crippen LogP contribution is 2.37. The van der Waals surface area contributed by atoms with E-state index < -0.39 is 18.4 Å². The van der Waals surface area contributed by atoms with Crippen LogP contribution in [0.4, 0.5) is 0 Å². The molecule has 0 radical (unpaired) electrons. The summed E-state index contributed by atoms with van der Waals surface area (Å²) in [6.45, 7) is 11.9. The molecule has 0 amide bonds. The van der Waals surface area contributed by atoms with Crippen molar-refractivity contribution in [1.29, 1.82) is 0 Å². The summed E-state index contributed by atoms with van der Waals surface area (Å²) in [7, 11) is -2.71. The standard InChI is InChI=1S/C23H34O6SSi/c1-23(2,3)31(6,7)29-15-18-9-8-10-21(14-18)28-16-20-13-19(11-12-22(20)26-4)17-30(24,25)27-5/h8-14H,15-17H2,1-7H3. The summed E-state index contributed by atoms with van der Waals surface area (Å²) < 4.78 is 45.7. The van der Waals surface area contributed by atoms with Crippen LogP contribution in [0.1, 0.15) is 37.5 Å². The van der Waals surface area contributed by atoms with Gasteiger partial charge in [0.25, 0.3) is 10.1 Å². The molecule has 0 aliphatic rings. The Balaban J connectivity index is 2.10. The van der Waals surface area contributed by atoms with Crippen LogP contribution in [0, 0.1) is 0 Å². The monoisotopic (exact) mass is 466 g/mol. The smallest absolute Gasteiger partial charge is 0.271 e. The summed E-state index contributed by atoms with van der Waals surface area (Å²) in [4.78, 5) is 0. The van der Waals surface area contributed by atoms with Crippen molar-refractivity contribution in [2.45, 2.75) is 57.9 Å². The van der Waals surface area contributed by atoms with Crippen LogP contribution in [0.15, 0.2) is 42.5 Å². The number of methoxy groups -OCH3 is 1. The van der Waals surface area contributed by atoms with Crippen LogP contribution in [0.2, 0.25) is 18.1 Å². The molecule has 0 aliphatic carbocycles. The fourth-order valence-electron chi connectivity index (χ4n) is 2.66. The first-order valence-electron chi connectivity index (χ1n) is 10.2. The minimum atomic E-state index is -3.60. The number of hydrogen-bond acceptors (Lipinski definition) is 6. The molecule has 0 fully saturated rings. The Bertz CT molecular complexity index is 980. The first-order chi connectivity index (χ1) is 14.4. The largest absolute Gasteiger partial charge is 0.496 e. The van der Waals surface area contributed by atoms with E-state index in [-0.39, 0.29) is 17.4 Å². The van der Waals surface area contributed by atoms with Gasteiger partial charge < -0.3 is 13.9 Å². The van der Waals surface area contributed by atoms with Crippen molar-refractivity contribution >= 4 is 18.4 Å². The van der Waals surface area contributed by atoms with Crippen molar-refractivity contribution in [3.8, 4) is 11.5 Å². The maximum absolute atomic E-state index is 11.8. The van der Waals surface area contributed by atoms with E-state index in [1.54, 1.807) is 25.3 Å². The Kier molecular flexibility index (Phi) is 8.32. The fraction of sp³-hybridized carbons (Fsp3) is 0.478. The van der Waals surface area contributed by atoms with Gasteiger partial charge in [-0.15, -0.1) is 0 Å². The van der Waals surface area contributed by atoms with Gasteiger partial charge in [-0.1, -0.05) is 39.0 Å². The van der Waals surface area contributed by atoms with Crippen molar-refractivity contribution in [3.05, 3.63) is 59.2 Å². The minimum absolute atomic E-state index is 0.152. The molecule has 2 aromatic carbocycles. The molecule has 2 aromatic rings. The number of hydrogen-bond donors (Lipinski definition) is 0. The fourth-order valence-corrected chi connectivity index (χ4v) is 4.33. The van der Waals surface area contributed by atoms with E-state index in [2.05, 4.69) is 38.0 Å². The Labute approximate surface area is 187 Å². The lowest BCUT2D eigenvalue weighted by Gasteiger charge is -2.36. The van der Waals surface area contributed by atoms with E-state index in [1.807, 2.05) is 24.3 Å². The van der Waals surface area contributed by atoms with E-state index in [1.165, 1.54) is 0 Å². The quantitative estimate of drug-likeness (QED) is 0.351. The van der Waals surface area contributed by atoms with E-state index in [4.69, 9.17) is 13.9 Å². The van der Waals surface area contributed by atoms with Gasteiger partial charge in [0.15, 0.2) is 8.32 Å². The van der Waals surface area contributed by atoms with Gasteiger partial charge in [0.2, 0.25) is 0 Å². The molecule has 6 nitrogen and oxygen atoms in total. The normalized spacial score (nSPS) is 12.6. The molecule has 0 saturated carbocycles. The Morgan fingerprint density at radius 2 is 1.65 bits per heavy atom. The van der Waals surface area contributed by atoms with Gasteiger partial charge in [0, 0.05) is 5.56 Å². The Morgan fingerprint density at radius 1 is 0.935 bits per heavy atom. The summed E-state index contributed by atoms with van der Waals surface area (Å²) in [5.41, 5.74) is 2.42. The second-order valence-electron chi connectivity index (χ2n) is 9.00. The SMILES string of the molecule is COc1ccc(CS(=O)(=O)OC)cc1COc1cccc(CO[Si](C)(C)C(C)(C)C)c1. The Morgan fingerprint density at radius 3 is 2.26 bits per heavy atom. The molecule has 0 bridgehead atoms. The average molecular weight is 467 g/mol. The third kappa shape index (κ3) is 7.35. The lowest BCUT2D eigenvalue weighted by molar-refractivity contribution is 0.273. The van der Waals surface area contributed by atoms with Crippen molar-refractivity contribution in [2.75, 3.05) is 14.2 Å². The van der Waals surface area contributed by atoms with Crippen molar-refractivity contribution in [2.24, 2.45) is 0 Å². The maximum atomic E-state index is 11.8. The van der Waals surface area contributed by atoms with E-state index in [9.17, 15) is 8.42 Å². The molecule has 0 N–H and O–H groups in total. The van der Waals surface area contributed by atoms with Crippen LogP contribution in [0.5, 0.6) is 11.5 Å². The summed E-state index contributed by atoms with van der Waals surface area (Å²) in [5.74, 6) is 1.14. The molecule has 172 valence electrons. The van der Waals surface area contributed by atoms with Crippen LogP contribution in [0.25, 0.3) is 0 Å². The molecule has 0 saturated heterocycles. The number of rotatable bonds is 10. The predicted molar refractivity (Wildman–Crippen MR) is 125 cm³/mol. The van der Waals surface area contributed by atoms with E-state index >= 15 is 0 Å². The average Bonchev–Trinajstić information content (AvgIpc) is 2.70. The molecular weight excluding hydrogens is 432 g/mol. The first kappa shape index (κ1) is 25.4. The molecule has 0 aromatic heterocycles. The summed E-state index contributed by atoms with van der Waals surface area (Å²) in [6, 6.07) is 13.0. The highest BCUT2D eigenvalue weighted by atomic mass is 32.2. The maximum Gasteiger partial charge on any atom is 0.271 e. The molecule has 0 heterocycles. The molecule has 0 unspecified atom stereocenters. The minimum Gasteiger partial charge on any atom is -0.496 e. The van der Waals surface area contributed by atoms with Crippen molar-refractivity contribution in [3.63, 3.8) is 0 Å². The first-order valence-corrected chi connectivity index (χ1v) is 14.7. The molecular formula is C23H34O6SSi. The van der Waals surface area contributed by atoms with Crippen molar-refractivity contribution in [1.82, 2.24) is 0 Å². The van der Waals surface area contributed by atoms with Gasteiger partial charge in [0.05, 0.1) is 20.8 Å². The summed E-state index contributed by atoms with van der Waals surface area (Å²) in [6.07, 6.45) is 0. The molecule has 31 heavy (non-hydrogen) atoms. The van der Waals surface area contributed by atoms with Crippen molar-refractivity contribution < 1.29 is 26.5 Å². The Hall–Kier alpha value is -1.87. The van der Waals surface area contributed by atoms with E-state index in [0.29, 0.717) is 23.7 Å². The van der Waals surface area contributed by atoms with Gasteiger partial charge in [-0.05, 0) is 53.5 Å². The highest BCUT2D eigenvalue weighted by Gasteiger charge is 2.37. The second kappa shape index (κ2) is 10.2. The van der Waals surface area contributed by atoms with Crippen LogP contribution in [-0.2, 0) is 37.7 Å². The lowest BCUT2D eigenvalue weighted by Crippen LogP contribution is -2.40. The van der Waals surface area contributed by atoms with Crippen LogP contribution in [0.3, 0.4) is 0 Å². The van der Waals surface area contributed by atoms with Crippen LogP contribution in [-0.4, -0.2) is 31.0 Å². The highest BCUT2D eigenvalue weighted by molar-refractivity contribution is 7.85. The topological polar surface area (TPSA) is 71.1 Å². The molecule has 0 spiro atoms. The number of ether oxygens (including phenoxy) is 2. The zero-order chi connectivity index (χ0) is 23.3. The van der Waals surface area contributed by atoms with Crippen LogP contribution < -0.4 is 9.47 Å². The molecule has 0 atom stereocenters. The lowest BCUT2D eigenvalue weighted by atomic mass is 10.1. The van der Waals surface area contributed by atoms with Gasteiger partial charge >= 0.3 is 0 Å². The summed E-state index contributed by atoms with van der Waals surface area (Å²) in [5, 5.41) is 0.152. The molecule has 0 aliphatic heterocycles. The number of benzene rings is 2. The zero-order valence-electron chi connectivity index (χ0n) is 19.5. The van der Waals surface area contributed by atoms with Gasteiger partial charge in [-0.3, -0.25) is 4.18 Å². The second-order valence-corrected chi connectivity index (χ2v) is 15.5. The third-order valence-corrected chi connectivity index (χ3v) is 11.3. The van der Waals surface area contributed by atoms with Crippen LogP contribution >= 0.6 is 0 Å². The third-order valence-electron chi connectivity index (χ3n) is 5.64. The van der Waals surface area contributed by atoms with Gasteiger partial charge in [-0.2, -0.15) is 8.42 Å².